The topological polar surface area (TPSA) is 86.7 Å². The van der Waals surface area contributed by atoms with Crippen molar-refractivity contribution in [2.24, 2.45) is 10.7 Å². The molecule has 8 heteroatoms. The molecule has 0 amide bonds. The van der Waals surface area contributed by atoms with Crippen LogP contribution in [0.25, 0.3) is 11.0 Å². The number of guanidine groups is 1. The van der Waals surface area contributed by atoms with Crippen molar-refractivity contribution in [1.82, 2.24) is 9.55 Å². The molecule has 134 valence electrons. The van der Waals surface area contributed by atoms with Crippen molar-refractivity contribution in [3.63, 3.8) is 0 Å². The van der Waals surface area contributed by atoms with Crippen molar-refractivity contribution < 1.29 is 9.47 Å². The highest BCUT2D eigenvalue weighted by Crippen LogP contribution is 2.41. The van der Waals surface area contributed by atoms with Gasteiger partial charge in [-0.3, -0.25) is 9.88 Å². The zero-order valence-corrected chi connectivity index (χ0v) is 15.9. The first kappa shape index (κ1) is 16.7. The predicted octanol–water partition coefficient (Wildman–Crippen LogP) is 3.49. The van der Waals surface area contributed by atoms with Crippen LogP contribution in [-0.2, 0) is 0 Å². The van der Waals surface area contributed by atoms with Gasteiger partial charge in [-0.1, -0.05) is 12.1 Å². The molecule has 26 heavy (non-hydrogen) atoms. The second-order valence-corrected chi connectivity index (χ2v) is 6.63. The highest BCUT2D eigenvalue weighted by atomic mass is 79.9. The molecule has 3 aromatic rings. The van der Waals surface area contributed by atoms with E-state index in [2.05, 4.69) is 31.2 Å². The first-order chi connectivity index (χ1) is 12.6. The third kappa shape index (κ3) is 2.66. The number of rotatable bonds is 4. The van der Waals surface area contributed by atoms with Gasteiger partial charge in [0.2, 0.25) is 5.95 Å². The van der Waals surface area contributed by atoms with Gasteiger partial charge in [0, 0.05) is 5.56 Å². The fraction of sp³-hybridized carbons (Fsp3) is 0.222. The van der Waals surface area contributed by atoms with Crippen LogP contribution in [0.4, 0.5) is 5.95 Å². The van der Waals surface area contributed by atoms with Crippen LogP contribution < -0.4 is 20.5 Å². The van der Waals surface area contributed by atoms with Crippen LogP contribution in [0.2, 0.25) is 0 Å². The van der Waals surface area contributed by atoms with E-state index in [-0.39, 0.29) is 6.17 Å². The highest BCUT2D eigenvalue weighted by Gasteiger charge is 2.26. The minimum atomic E-state index is -0.361. The summed E-state index contributed by atoms with van der Waals surface area (Å²) in [5.74, 6) is 2.28. The molecule has 0 spiro atoms. The number of aromatic nitrogens is 2. The second kappa shape index (κ2) is 6.53. The molecular formula is C18H18BrN5O2. The van der Waals surface area contributed by atoms with Gasteiger partial charge in [0.05, 0.1) is 29.2 Å². The Balaban J connectivity index is 1.92. The van der Waals surface area contributed by atoms with Crippen molar-refractivity contribution in [2.45, 2.75) is 13.1 Å². The van der Waals surface area contributed by atoms with E-state index in [4.69, 9.17) is 15.2 Å². The van der Waals surface area contributed by atoms with Crippen molar-refractivity contribution in [2.75, 3.05) is 19.0 Å². The fourth-order valence-corrected chi connectivity index (χ4v) is 3.76. The van der Waals surface area contributed by atoms with Crippen LogP contribution >= 0.6 is 15.9 Å². The van der Waals surface area contributed by atoms with Gasteiger partial charge in [0.15, 0.2) is 23.6 Å². The number of aliphatic imine (C=N–C) groups is 1. The van der Waals surface area contributed by atoms with Crippen LogP contribution in [0.5, 0.6) is 11.5 Å². The van der Waals surface area contributed by atoms with E-state index in [1.54, 1.807) is 7.11 Å². The summed E-state index contributed by atoms with van der Waals surface area (Å²) in [5.41, 5.74) is 8.77. The van der Waals surface area contributed by atoms with Crippen LogP contribution in [-0.4, -0.2) is 29.2 Å². The summed E-state index contributed by atoms with van der Waals surface area (Å²) in [6.07, 6.45) is -0.361. The molecule has 0 saturated carbocycles. The number of ether oxygens (including phenoxy) is 2. The number of nitrogens with zero attached hydrogens (tertiary/aromatic N) is 3. The minimum absolute atomic E-state index is 0.322. The largest absolute Gasteiger partial charge is 0.492 e. The second-order valence-electron chi connectivity index (χ2n) is 5.77. The minimum Gasteiger partial charge on any atom is -0.492 e. The molecule has 1 aliphatic heterocycles. The Labute approximate surface area is 159 Å². The summed E-state index contributed by atoms with van der Waals surface area (Å²) < 4.78 is 14.0. The van der Waals surface area contributed by atoms with Crippen molar-refractivity contribution in [3.8, 4) is 11.5 Å². The number of nitrogens with one attached hydrogen (secondary N) is 1. The Morgan fingerprint density at radius 1 is 1.31 bits per heavy atom. The lowest BCUT2D eigenvalue weighted by atomic mass is 10.1. The highest BCUT2D eigenvalue weighted by molar-refractivity contribution is 9.10. The van der Waals surface area contributed by atoms with Crippen molar-refractivity contribution >= 4 is 38.9 Å². The van der Waals surface area contributed by atoms with Gasteiger partial charge < -0.3 is 15.2 Å². The number of para-hydroxylation sites is 2. The van der Waals surface area contributed by atoms with Crippen LogP contribution in [0.15, 0.2) is 45.9 Å². The van der Waals surface area contributed by atoms with E-state index >= 15 is 0 Å². The molecule has 2 heterocycles. The molecule has 7 nitrogen and oxygen atoms in total. The molecule has 4 rings (SSSR count). The summed E-state index contributed by atoms with van der Waals surface area (Å²) in [6.45, 7) is 2.46. The monoisotopic (exact) mass is 415 g/mol. The summed E-state index contributed by atoms with van der Waals surface area (Å²) in [4.78, 5) is 9.22. The van der Waals surface area contributed by atoms with Gasteiger partial charge >= 0.3 is 0 Å². The van der Waals surface area contributed by atoms with Gasteiger partial charge in [0.25, 0.3) is 0 Å². The molecule has 0 saturated heterocycles. The molecule has 3 N–H and O–H groups in total. The molecule has 1 aliphatic rings. The average molecular weight is 416 g/mol. The van der Waals surface area contributed by atoms with Gasteiger partial charge in [0.1, 0.15) is 0 Å². The Morgan fingerprint density at radius 2 is 2.12 bits per heavy atom. The molecule has 0 radical (unpaired) electrons. The Kier molecular flexibility index (Phi) is 4.20. The number of anilines is 1. The van der Waals surface area contributed by atoms with Crippen molar-refractivity contribution in [1.29, 1.82) is 0 Å². The third-order valence-electron chi connectivity index (χ3n) is 4.18. The van der Waals surface area contributed by atoms with Gasteiger partial charge in [-0.05, 0) is 47.1 Å². The SMILES string of the molecule is CCOc1cc([C@H]2N=C(N)Nc3nc4ccccc4n32)cc(Br)c1OC. The number of hydrogen-bond acceptors (Lipinski definition) is 6. The zero-order valence-electron chi connectivity index (χ0n) is 14.4. The number of halogens is 1. The Hall–Kier alpha value is -2.74. The van der Waals surface area contributed by atoms with E-state index in [9.17, 15) is 0 Å². The Morgan fingerprint density at radius 3 is 2.88 bits per heavy atom. The molecule has 0 aliphatic carbocycles. The quantitative estimate of drug-likeness (QED) is 0.680. The maximum atomic E-state index is 6.01. The fourth-order valence-electron chi connectivity index (χ4n) is 3.14. The van der Waals surface area contributed by atoms with E-state index in [0.29, 0.717) is 30.0 Å². The maximum absolute atomic E-state index is 6.01. The number of methoxy groups -OCH3 is 1. The van der Waals surface area contributed by atoms with Crippen LogP contribution in [0.3, 0.4) is 0 Å². The molecule has 0 fully saturated rings. The van der Waals surface area contributed by atoms with E-state index < -0.39 is 0 Å². The van der Waals surface area contributed by atoms with Crippen LogP contribution in [0.1, 0.15) is 18.7 Å². The number of fused-ring (bicyclic) bond motifs is 3. The Bertz CT molecular complexity index is 1010. The smallest absolute Gasteiger partial charge is 0.212 e. The molecule has 0 unspecified atom stereocenters. The maximum Gasteiger partial charge on any atom is 0.212 e. The summed E-state index contributed by atoms with van der Waals surface area (Å²) >= 11 is 3.57. The normalized spacial score (nSPS) is 16.0. The summed E-state index contributed by atoms with van der Waals surface area (Å²) in [7, 11) is 1.62. The standard InChI is InChI=1S/C18H18BrN5O2/c1-3-26-14-9-10(8-11(19)15(14)25-2)16-22-17(20)23-18-21-12-6-4-5-7-13(12)24(16)18/h4-9,16H,3H2,1-2H3,(H3,20,21,22,23)/t16-/m0/s1. The molecule has 2 aromatic carbocycles. The number of nitrogens with two attached hydrogens (primary N) is 1. The van der Waals surface area contributed by atoms with Gasteiger partial charge in [-0.15, -0.1) is 0 Å². The molecule has 0 bridgehead atoms. The molecular weight excluding hydrogens is 398 g/mol. The van der Waals surface area contributed by atoms with Crippen molar-refractivity contribution in [3.05, 3.63) is 46.4 Å². The van der Waals surface area contributed by atoms with Gasteiger partial charge in [-0.2, -0.15) is 0 Å². The van der Waals surface area contributed by atoms with E-state index in [1.165, 1.54) is 0 Å². The van der Waals surface area contributed by atoms with Gasteiger partial charge in [-0.25, -0.2) is 9.98 Å². The van der Waals surface area contributed by atoms with Crippen LogP contribution in [0, 0.1) is 0 Å². The summed E-state index contributed by atoms with van der Waals surface area (Å²) in [5, 5.41) is 3.04. The predicted molar refractivity (Wildman–Crippen MR) is 105 cm³/mol. The molecule has 1 aromatic heterocycles. The third-order valence-corrected chi connectivity index (χ3v) is 4.76. The van der Waals surface area contributed by atoms with E-state index in [0.717, 1.165) is 21.1 Å². The lowest BCUT2D eigenvalue weighted by Gasteiger charge is -2.25. The zero-order chi connectivity index (χ0) is 18.3. The summed E-state index contributed by atoms with van der Waals surface area (Å²) in [6, 6.07) is 11.8. The van der Waals surface area contributed by atoms with E-state index in [1.807, 2.05) is 47.9 Å². The number of hydrogen-bond donors (Lipinski definition) is 2. The first-order valence-corrected chi connectivity index (χ1v) is 8.99. The molecule has 1 atom stereocenters. The average Bonchev–Trinajstić information content (AvgIpc) is 2.99. The first-order valence-electron chi connectivity index (χ1n) is 8.20. The lowest BCUT2D eigenvalue weighted by Crippen LogP contribution is -2.31. The number of imidazole rings is 1. The number of benzene rings is 2. The lowest BCUT2D eigenvalue weighted by molar-refractivity contribution is 0.309.